The first kappa shape index (κ1) is 17.6. The molecule has 1 aliphatic heterocycles. The number of likely N-dealkylation sites (tertiary alicyclic amines) is 1. The smallest absolute Gasteiger partial charge is 0.410 e. The lowest BCUT2D eigenvalue weighted by molar-refractivity contribution is -0.191. The highest BCUT2D eigenvalue weighted by Crippen LogP contribution is 2.27. The zero-order valence-electron chi connectivity index (χ0n) is 12.6. The Hall–Kier alpha value is -1.35. The van der Waals surface area contributed by atoms with Crippen molar-refractivity contribution in [3.63, 3.8) is 0 Å². The summed E-state index contributed by atoms with van der Waals surface area (Å²) in [5, 5.41) is 0. The second kappa shape index (κ2) is 7.95. The van der Waals surface area contributed by atoms with E-state index in [1.165, 1.54) is 6.42 Å². The molecule has 0 spiro atoms. The standard InChI is InChI=1S/C13H25NO2.CO2/c1-6-10(2)11-7-8-14(9-11)12(15)16-13(3,4)5;2-1-3/h10-11H,6-9H2,1-5H3;/t10?,11-;/m0./s1. The van der Waals surface area contributed by atoms with Gasteiger partial charge in [-0.15, -0.1) is 0 Å². The third-order valence-electron chi connectivity index (χ3n) is 3.33. The molecule has 0 aliphatic carbocycles. The van der Waals surface area contributed by atoms with E-state index in [0.29, 0.717) is 11.8 Å². The third kappa shape index (κ3) is 6.97. The SMILES string of the molecule is CCC(C)[C@H]1CCN(C(=O)OC(C)(C)C)C1.O=C=O. The molecular formula is C14H25NO4. The van der Waals surface area contributed by atoms with Gasteiger partial charge in [0.1, 0.15) is 5.60 Å². The van der Waals surface area contributed by atoms with E-state index in [4.69, 9.17) is 14.3 Å². The lowest BCUT2D eigenvalue weighted by Crippen LogP contribution is -2.35. The van der Waals surface area contributed by atoms with Crippen molar-refractivity contribution in [2.75, 3.05) is 13.1 Å². The van der Waals surface area contributed by atoms with Crippen LogP contribution in [0.15, 0.2) is 0 Å². The van der Waals surface area contributed by atoms with Gasteiger partial charge in [-0.1, -0.05) is 20.3 Å². The summed E-state index contributed by atoms with van der Waals surface area (Å²) in [5.41, 5.74) is -0.383. The number of carbonyl (C=O) groups excluding carboxylic acids is 3. The van der Waals surface area contributed by atoms with Gasteiger partial charge < -0.3 is 9.64 Å². The lowest BCUT2D eigenvalue weighted by atomic mass is 9.91. The van der Waals surface area contributed by atoms with Crippen LogP contribution in [0.4, 0.5) is 4.79 Å². The van der Waals surface area contributed by atoms with Crippen LogP contribution in [0.25, 0.3) is 0 Å². The predicted molar refractivity (Wildman–Crippen MR) is 70.4 cm³/mol. The Balaban J connectivity index is 0.000000982. The summed E-state index contributed by atoms with van der Waals surface area (Å²) >= 11 is 0. The van der Waals surface area contributed by atoms with Gasteiger partial charge in [0.15, 0.2) is 0 Å². The van der Waals surface area contributed by atoms with Crippen LogP contribution < -0.4 is 0 Å². The minimum atomic E-state index is -0.383. The molecule has 1 rings (SSSR count). The molecule has 5 nitrogen and oxygen atoms in total. The van der Waals surface area contributed by atoms with Crippen molar-refractivity contribution in [3.8, 4) is 0 Å². The Morgan fingerprint density at radius 3 is 2.37 bits per heavy atom. The van der Waals surface area contributed by atoms with Crippen molar-refractivity contribution in [1.29, 1.82) is 0 Å². The molecule has 1 fully saturated rings. The van der Waals surface area contributed by atoms with E-state index in [9.17, 15) is 4.79 Å². The number of ether oxygens (including phenoxy) is 1. The highest BCUT2D eigenvalue weighted by Gasteiger charge is 2.31. The van der Waals surface area contributed by atoms with Crippen LogP contribution in [-0.4, -0.2) is 35.8 Å². The molecular weight excluding hydrogens is 246 g/mol. The molecule has 19 heavy (non-hydrogen) atoms. The summed E-state index contributed by atoms with van der Waals surface area (Å²) < 4.78 is 5.37. The van der Waals surface area contributed by atoms with Gasteiger partial charge in [-0.3, -0.25) is 0 Å². The number of rotatable bonds is 2. The van der Waals surface area contributed by atoms with Gasteiger partial charge in [-0.2, -0.15) is 9.59 Å². The quantitative estimate of drug-likeness (QED) is 0.774. The first-order chi connectivity index (χ1) is 8.75. The Labute approximate surface area is 115 Å². The molecule has 0 N–H and O–H groups in total. The average molecular weight is 271 g/mol. The maximum absolute atomic E-state index is 11.8. The van der Waals surface area contributed by atoms with E-state index >= 15 is 0 Å². The van der Waals surface area contributed by atoms with Crippen LogP contribution in [0, 0.1) is 11.8 Å². The fraction of sp³-hybridized carbons (Fsp3) is 0.857. The van der Waals surface area contributed by atoms with Crippen molar-refractivity contribution in [1.82, 2.24) is 4.90 Å². The fourth-order valence-corrected chi connectivity index (χ4v) is 2.08. The molecule has 0 bridgehead atoms. The molecule has 5 heteroatoms. The van der Waals surface area contributed by atoms with Gasteiger partial charge in [0.25, 0.3) is 0 Å². The molecule has 1 heterocycles. The van der Waals surface area contributed by atoms with Gasteiger partial charge in [-0.25, -0.2) is 4.79 Å². The summed E-state index contributed by atoms with van der Waals surface area (Å²) in [4.78, 5) is 29.9. The van der Waals surface area contributed by atoms with E-state index in [2.05, 4.69) is 13.8 Å². The summed E-state index contributed by atoms with van der Waals surface area (Å²) in [6, 6.07) is 0. The van der Waals surface area contributed by atoms with Crippen molar-refractivity contribution in [3.05, 3.63) is 0 Å². The Bertz CT molecular complexity index is 316. The molecule has 1 aliphatic rings. The van der Waals surface area contributed by atoms with Crippen molar-refractivity contribution < 1.29 is 19.1 Å². The molecule has 0 aromatic rings. The van der Waals surface area contributed by atoms with Crippen molar-refractivity contribution in [2.45, 2.75) is 53.1 Å². The van der Waals surface area contributed by atoms with Gasteiger partial charge in [0, 0.05) is 13.1 Å². The average Bonchev–Trinajstić information content (AvgIpc) is 2.76. The minimum absolute atomic E-state index is 0.154. The van der Waals surface area contributed by atoms with Crippen LogP contribution in [0.2, 0.25) is 0 Å². The van der Waals surface area contributed by atoms with Crippen LogP contribution in [0.1, 0.15) is 47.5 Å². The Kier molecular flexibility index (Phi) is 7.38. The second-order valence-electron chi connectivity index (χ2n) is 5.94. The molecule has 110 valence electrons. The van der Waals surface area contributed by atoms with E-state index in [1.807, 2.05) is 25.7 Å². The van der Waals surface area contributed by atoms with Gasteiger partial charge in [0.05, 0.1) is 0 Å². The van der Waals surface area contributed by atoms with Crippen LogP contribution >= 0.6 is 0 Å². The summed E-state index contributed by atoms with van der Waals surface area (Å²) in [6.07, 6.45) is 2.40. The zero-order valence-corrected chi connectivity index (χ0v) is 12.6. The monoisotopic (exact) mass is 271 g/mol. The maximum atomic E-state index is 11.8. The van der Waals surface area contributed by atoms with E-state index in [-0.39, 0.29) is 17.8 Å². The highest BCUT2D eigenvalue weighted by molar-refractivity contribution is 5.68. The van der Waals surface area contributed by atoms with E-state index in [0.717, 1.165) is 19.5 Å². The number of nitrogens with zero attached hydrogens (tertiary/aromatic N) is 1. The first-order valence-electron chi connectivity index (χ1n) is 6.72. The summed E-state index contributed by atoms with van der Waals surface area (Å²) in [7, 11) is 0. The number of hydrogen-bond acceptors (Lipinski definition) is 4. The Morgan fingerprint density at radius 2 is 1.95 bits per heavy atom. The third-order valence-corrected chi connectivity index (χ3v) is 3.33. The van der Waals surface area contributed by atoms with Gasteiger partial charge in [-0.05, 0) is 39.0 Å². The molecule has 0 aromatic heterocycles. The lowest BCUT2D eigenvalue weighted by Gasteiger charge is -2.25. The molecule has 0 radical (unpaired) electrons. The van der Waals surface area contributed by atoms with Gasteiger partial charge >= 0.3 is 12.2 Å². The van der Waals surface area contributed by atoms with Gasteiger partial charge in [0.2, 0.25) is 0 Å². The fourth-order valence-electron chi connectivity index (χ4n) is 2.08. The molecule has 1 amide bonds. The number of carbonyl (C=O) groups is 1. The van der Waals surface area contributed by atoms with Crippen LogP contribution in [0.5, 0.6) is 0 Å². The molecule has 0 saturated carbocycles. The zero-order chi connectivity index (χ0) is 15.1. The maximum Gasteiger partial charge on any atom is 0.410 e. The topological polar surface area (TPSA) is 63.7 Å². The highest BCUT2D eigenvalue weighted by atomic mass is 16.6. The molecule has 2 atom stereocenters. The largest absolute Gasteiger partial charge is 0.444 e. The minimum Gasteiger partial charge on any atom is -0.444 e. The van der Waals surface area contributed by atoms with Crippen molar-refractivity contribution >= 4 is 12.2 Å². The predicted octanol–water partition coefficient (Wildman–Crippen LogP) is 2.71. The number of amides is 1. The normalized spacial score (nSPS) is 20.1. The van der Waals surface area contributed by atoms with Crippen molar-refractivity contribution in [2.24, 2.45) is 11.8 Å². The Morgan fingerprint density at radius 1 is 1.42 bits per heavy atom. The second-order valence-corrected chi connectivity index (χ2v) is 5.94. The number of hydrogen-bond donors (Lipinski definition) is 0. The summed E-state index contributed by atoms with van der Waals surface area (Å²) in [5.74, 6) is 1.35. The molecule has 1 saturated heterocycles. The molecule has 0 aromatic carbocycles. The van der Waals surface area contributed by atoms with E-state index < -0.39 is 0 Å². The van der Waals surface area contributed by atoms with Crippen LogP contribution in [-0.2, 0) is 14.3 Å². The summed E-state index contributed by atoms with van der Waals surface area (Å²) in [6.45, 7) is 11.9. The van der Waals surface area contributed by atoms with E-state index in [1.54, 1.807) is 0 Å². The van der Waals surface area contributed by atoms with Crippen LogP contribution in [0.3, 0.4) is 0 Å². The molecule has 1 unspecified atom stereocenters. The first-order valence-corrected chi connectivity index (χ1v) is 6.72.